The lowest BCUT2D eigenvalue weighted by atomic mass is 10.1. The van der Waals surface area contributed by atoms with Crippen molar-refractivity contribution in [2.24, 2.45) is 0 Å². The summed E-state index contributed by atoms with van der Waals surface area (Å²) in [6, 6.07) is 5.60. The highest BCUT2D eigenvalue weighted by Gasteiger charge is 2.12. The van der Waals surface area contributed by atoms with Gasteiger partial charge >= 0.3 is 0 Å². The van der Waals surface area contributed by atoms with E-state index in [9.17, 15) is 14.9 Å². The molecule has 1 aromatic rings. The summed E-state index contributed by atoms with van der Waals surface area (Å²) in [6.07, 6.45) is 0. The Morgan fingerprint density at radius 3 is 2.60 bits per heavy atom. The molecule has 6 nitrogen and oxygen atoms in total. The van der Waals surface area contributed by atoms with E-state index in [1.54, 1.807) is 0 Å². The van der Waals surface area contributed by atoms with E-state index in [1.165, 1.54) is 24.3 Å². The third-order valence-electron chi connectivity index (χ3n) is 2.37. The molecule has 0 aliphatic heterocycles. The predicted molar refractivity (Wildman–Crippen MR) is 74.0 cm³/mol. The third-order valence-corrected chi connectivity index (χ3v) is 2.37. The van der Waals surface area contributed by atoms with Crippen molar-refractivity contribution in [1.82, 2.24) is 0 Å². The fourth-order valence-electron chi connectivity index (χ4n) is 1.45. The van der Waals surface area contributed by atoms with E-state index in [0.29, 0.717) is 13.2 Å². The van der Waals surface area contributed by atoms with Crippen molar-refractivity contribution in [3.63, 3.8) is 0 Å². The molecule has 0 saturated carbocycles. The van der Waals surface area contributed by atoms with Gasteiger partial charge in [-0.05, 0) is 20.8 Å². The highest BCUT2D eigenvalue weighted by atomic mass is 16.6. The number of carbonyl (C=O) groups is 1. The van der Waals surface area contributed by atoms with Gasteiger partial charge in [0.05, 0.1) is 23.7 Å². The first-order chi connectivity index (χ1) is 9.29. The fourth-order valence-corrected chi connectivity index (χ4v) is 1.45. The monoisotopic (exact) mass is 281 g/mol. The van der Waals surface area contributed by atoms with Crippen LogP contribution in [0.4, 0.5) is 5.69 Å². The van der Waals surface area contributed by atoms with Crippen molar-refractivity contribution in [1.29, 1.82) is 0 Å². The Morgan fingerprint density at radius 2 is 2.00 bits per heavy atom. The molecule has 0 spiro atoms. The number of nitrogens with zero attached hydrogens (tertiary/aromatic N) is 1. The largest absolute Gasteiger partial charge is 0.373 e. The average molecular weight is 281 g/mol. The van der Waals surface area contributed by atoms with Crippen molar-refractivity contribution in [3.8, 4) is 0 Å². The van der Waals surface area contributed by atoms with E-state index in [1.807, 2.05) is 20.8 Å². The lowest BCUT2D eigenvalue weighted by molar-refractivity contribution is -0.384. The number of Topliss-reactive ketones (excluding diaryl/α,β-unsaturated/α-hetero) is 1. The van der Waals surface area contributed by atoms with E-state index < -0.39 is 4.92 Å². The Hall–Kier alpha value is -1.79. The molecule has 0 saturated heterocycles. The van der Waals surface area contributed by atoms with Gasteiger partial charge in [0.2, 0.25) is 0 Å². The number of carbonyl (C=O) groups excluding carboxylic acids is 1. The van der Waals surface area contributed by atoms with Gasteiger partial charge in [-0.3, -0.25) is 14.9 Å². The van der Waals surface area contributed by atoms with Crippen LogP contribution in [0, 0.1) is 10.1 Å². The Bertz CT molecular complexity index is 479. The maximum Gasteiger partial charge on any atom is 0.270 e. The van der Waals surface area contributed by atoms with Crippen LogP contribution in [-0.4, -0.2) is 36.1 Å². The minimum atomic E-state index is -0.533. The maximum absolute atomic E-state index is 11.8. The van der Waals surface area contributed by atoms with Gasteiger partial charge < -0.3 is 9.47 Å². The van der Waals surface area contributed by atoms with Crippen LogP contribution in [0.25, 0.3) is 0 Å². The van der Waals surface area contributed by atoms with Crippen LogP contribution < -0.4 is 0 Å². The Kier molecular flexibility index (Phi) is 5.79. The predicted octanol–water partition coefficient (Wildman–Crippen LogP) is 2.61. The molecule has 0 aromatic heterocycles. The highest BCUT2D eigenvalue weighted by Crippen LogP contribution is 2.13. The van der Waals surface area contributed by atoms with Crippen LogP contribution in [0.1, 0.15) is 31.1 Å². The van der Waals surface area contributed by atoms with Crippen LogP contribution in [-0.2, 0) is 9.47 Å². The molecule has 0 fully saturated rings. The van der Waals surface area contributed by atoms with Crippen LogP contribution in [0.5, 0.6) is 0 Å². The van der Waals surface area contributed by atoms with Gasteiger partial charge in [0.1, 0.15) is 6.61 Å². The average Bonchev–Trinajstić information content (AvgIpc) is 2.37. The fraction of sp³-hybridized carbons (Fsp3) is 0.500. The zero-order valence-electron chi connectivity index (χ0n) is 11.9. The summed E-state index contributed by atoms with van der Waals surface area (Å²) in [7, 11) is 0. The molecule has 0 aliphatic rings. The molecule has 0 aliphatic carbocycles. The van der Waals surface area contributed by atoms with Gasteiger partial charge in [0.25, 0.3) is 5.69 Å². The first-order valence-electron chi connectivity index (χ1n) is 6.29. The molecule has 0 heterocycles. The molecule has 0 N–H and O–H groups in total. The zero-order chi connectivity index (χ0) is 15.2. The van der Waals surface area contributed by atoms with E-state index in [-0.39, 0.29) is 29.2 Å². The molecule has 0 bridgehead atoms. The molecule has 0 atom stereocenters. The second-order valence-electron chi connectivity index (χ2n) is 5.24. The van der Waals surface area contributed by atoms with Crippen LogP contribution in [0.3, 0.4) is 0 Å². The topological polar surface area (TPSA) is 78.7 Å². The number of ether oxygens (including phenoxy) is 2. The van der Waals surface area contributed by atoms with Gasteiger partial charge in [-0.25, -0.2) is 0 Å². The van der Waals surface area contributed by atoms with Gasteiger partial charge in [-0.15, -0.1) is 0 Å². The maximum atomic E-state index is 11.8. The Labute approximate surface area is 117 Å². The van der Waals surface area contributed by atoms with Crippen molar-refractivity contribution < 1.29 is 19.2 Å². The Balaban J connectivity index is 2.40. The number of ketones is 1. The quantitative estimate of drug-likeness (QED) is 0.332. The number of non-ortho nitro benzene ring substituents is 1. The van der Waals surface area contributed by atoms with Crippen LogP contribution >= 0.6 is 0 Å². The van der Waals surface area contributed by atoms with Crippen molar-refractivity contribution >= 4 is 11.5 Å². The Morgan fingerprint density at radius 1 is 1.30 bits per heavy atom. The van der Waals surface area contributed by atoms with Crippen LogP contribution in [0.15, 0.2) is 24.3 Å². The lowest BCUT2D eigenvalue weighted by Gasteiger charge is -2.19. The number of hydrogen-bond donors (Lipinski definition) is 0. The third kappa shape index (κ3) is 5.90. The first-order valence-corrected chi connectivity index (χ1v) is 6.29. The summed E-state index contributed by atoms with van der Waals surface area (Å²) < 4.78 is 10.6. The molecular weight excluding hydrogens is 262 g/mol. The summed E-state index contributed by atoms with van der Waals surface area (Å²) in [4.78, 5) is 21.9. The lowest BCUT2D eigenvalue weighted by Crippen LogP contribution is -2.22. The standard InChI is InChI=1S/C14H19NO5/c1-14(2,3)20-8-7-19-10-13(16)11-5-4-6-12(9-11)15(17)18/h4-6,9H,7-8,10H2,1-3H3. The molecule has 0 amide bonds. The molecule has 20 heavy (non-hydrogen) atoms. The van der Waals surface area contributed by atoms with Gasteiger partial charge in [-0.1, -0.05) is 12.1 Å². The molecule has 1 aromatic carbocycles. The first kappa shape index (κ1) is 16.3. The van der Waals surface area contributed by atoms with Gasteiger partial charge in [0.15, 0.2) is 5.78 Å². The molecular formula is C14H19NO5. The highest BCUT2D eigenvalue weighted by molar-refractivity contribution is 5.97. The minimum absolute atomic E-state index is 0.105. The number of rotatable bonds is 7. The summed E-state index contributed by atoms with van der Waals surface area (Å²) in [5, 5.41) is 10.6. The number of hydrogen-bond acceptors (Lipinski definition) is 5. The normalized spacial score (nSPS) is 11.3. The van der Waals surface area contributed by atoms with E-state index in [4.69, 9.17) is 9.47 Å². The molecule has 110 valence electrons. The van der Waals surface area contributed by atoms with E-state index >= 15 is 0 Å². The van der Waals surface area contributed by atoms with Gasteiger partial charge in [-0.2, -0.15) is 0 Å². The summed E-state index contributed by atoms with van der Waals surface area (Å²) >= 11 is 0. The number of benzene rings is 1. The van der Waals surface area contributed by atoms with Crippen molar-refractivity contribution in [2.75, 3.05) is 19.8 Å². The van der Waals surface area contributed by atoms with E-state index in [2.05, 4.69) is 0 Å². The number of nitro benzene ring substituents is 1. The molecule has 6 heteroatoms. The summed E-state index contributed by atoms with van der Waals surface area (Å²) in [5.41, 5.74) is -0.0733. The summed E-state index contributed by atoms with van der Waals surface area (Å²) in [5.74, 6) is -0.288. The number of nitro groups is 1. The molecule has 1 rings (SSSR count). The van der Waals surface area contributed by atoms with Crippen molar-refractivity contribution in [2.45, 2.75) is 26.4 Å². The summed E-state index contributed by atoms with van der Waals surface area (Å²) in [6.45, 7) is 6.38. The van der Waals surface area contributed by atoms with E-state index in [0.717, 1.165) is 0 Å². The van der Waals surface area contributed by atoms with Crippen LogP contribution in [0.2, 0.25) is 0 Å². The smallest absolute Gasteiger partial charge is 0.270 e. The zero-order valence-corrected chi connectivity index (χ0v) is 11.9. The van der Waals surface area contributed by atoms with Gasteiger partial charge in [0, 0.05) is 17.7 Å². The molecule has 0 radical (unpaired) electrons. The second-order valence-corrected chi connectivity index (χ2v) is 5.24. The minimum Gasteiger partial charge on any atom is -0.373 e. The van der Waals surface area contributed by atoms with Crippen molar-refractivity contribution in [3.05, 3.63) is 39.9 Å². The second kappa shape index (κ2) is 7.12. The molecule has 0 unspecified atom stereocenters. The SMILES string of the molecule is CC(C)(C)OCCOCC(=O)c1cccc([N+](=O)[O-])c1.